The van der Waals surface area contributed by atoms with E-state index >= 15 is 0 Å². The Morgan fingerprint density at radius 1 is 1.61 bits per heavy atom. The quantitative estimate of drug-likeness (QED) is 0.863. The fraction of sp³-hybridized carbons (Fsp3) is 0.636. The highest BCUT2D eigenvalue weighted by Gasteiger charge is 2.27. The number of H-pyrrole nitrogens is 1. The molecule has 7 heteroatoms. The fourth-order valence-corrected chi connectivity index (χ4v) is 2.19. The van der Waals surface area contributed by atoms with Gasteiger partial charge in [0.05, 0.1) is 6.04 Å². The van der Waals surface area contributed by atoms with Crippen molar-refractivity contribution in [2.45, 2.75) is 31.7 Å². The first-order chi connectivity index (χ1) is 7.68. The van der Waals surface area contributed by atoms with Gasteiger partial charge in [0.1, 0.15) is 5.82 Å². The minimum atomic E-state index is -0.407. The normalized spacial score (nSPS) is 20.6. The van der Waals surface area contributed by atoms with Crippen molar-refractivity contribution in [1.82, 2.24) is 14.9 Å². The molecular formula is C11H20Cl2N4O. The maximum absolute atomic E-state index is 11.8. The van der Waals surface area contributed by atoms with Crippen LogP contribution in [0.15, 0.2) is 12.4 Å². The van der Waals surface area contributed by atoms with Gasteiger partial charge in [-0.25, -0.2) is 4.98 Å². The summed E-state index contributed by atoms with van der Waals surface area (Å²) in [7, 11) is 0. The summed E-state index contributed by atoms with van der Waals surface area (Å²) in [5.74, 6) is 1.34. The SMILES string of the molecule is C[C@@H](N)C(=O)N1CCCC(c2ncc[nH]2)C1.Cl.Cl. The summed E-state index contributed by atoms with van der Waals surface area (Å²) in [6.07, 6.45) is 5.67. The lowest BCUT2D eigenvalue weighted by molar-refractivity contribution is -0.133. The Kier molecular flexibility index (Phi) is 7.28. The number of hydrogen-bond acceptors (Lipinski definition) is 3. The van der Waals surface area contributed by atoms with Gasteiger partial charge in [0.2, 0.25) is 5.91 Å². The van der Waals surface area contributed by atoms with Crippen LogP contribution in [0.25, 0.3) is 0 Å². The lowest BCUT2D eigenvalue weighted by atomic mass is 9.97. The van der Waals surface area contributed by atoms with Gasteiger partial charge in [0.15, 0.2) is 0 Å². The van der Waals surface area contributed by atoms with Gasteiger partial charge in [-0.1, -0.05) is 0 Å². The number of amides is 1. The lowest BCUT2D eigenvalue weighted by Crippen LogP contribution is -2.46. The molecule has 1 aromatic rings. The predicted molar refractivity (Wildman–Crippen MR) is 75.3 cm³/mol. The second kappa shape index (κ2) is 7.61. The second-order valence-electron chi connectivity index (χ2n) is 4.39. The molecule has 104 valence electrons. The zero-order chi connectivity index (χ0) is 11.5. The van der Waals surface area contributed by atoms with Gasteiger partial charge < -0.3 is 15.6 Å². The van der Waals surface area contributed by atoms with Crippen molar-refractivity contribution in [2.24, 2.45) is 5.73 Å². The molecule has 3 N–H and O–H groups in total. The number of hydrogen-bond donors (Lipinski definition) is 2. The Balaban J connectivity index is 0.00000144. The van der Waals surface area contributed by atoms with Crippen LogP contribution in [0.2, 0.25) is 0 Å². The van der Waals surface area contributed by atoms with Crippen molar-refractivity contribution in [3.8, 4) is 0 Å². The van der Waals surface area contributed by atoms with E-state index in [1.807, 2.05) is 11.1 Å². The minimum Gasteiger partial charge on any atom is -0.348 e. The van der Waals surface area contributed by atoms with Crippen LogP contribution in [0.5, 0.6) is 0 Å². The zero-order valence-electron chi connectivity index (χ0n) is 10.3. The van der Waals surface area contributed by atoms with Crippen molar-refractivity contribution in [3.63, 3.8) is 0 Å². The molecule has 1 unspecified atom stereocenters. The number of halogens is 2. The number of carbonyl (C=O) groups excluding carboxylic acids is 1. The van der Waals surface area contributed by atoms with Gasteiger partial charge in [-0.15, -0.1) is 24.8 Å². The summed E-state index contributed by atoms with van der Waals surface area (Å²) in [5.41, 5.74) is 5.62. The van der Waals surface area contributed by atoms with E-state index in [4.69, 9.17) is 5.73 Å². The molecule has 0 radical (unpaired) electrons. The van der Waals surface area contributed by atoms with Gasteiger partial charge in [-0.3, -0.25) is 4.79 Å². The first-order valence-corrected chi connectivity index (χ1v) is 5.72. The van der Waals surface area contributed by atoms with Crippen LogP contribution < -0.4 is 5.73 Å². The molecule has 1 fully saturated rings. The van der Waals surface area contributed by atoms with Crippen molar-refractivity contribution in [1.29, 1.82) is 0 Å². The molecule has 0 spiro atoms. The van der Waals surface area contributed by atoms with E-state index in [0.717, 1.165) is 31.8 Å². The van der Waals surface area contributed by atoms with Gasteiger partial charge in [0, 0.05) is 31.4 Å². The van der Waals surface area contributed by atoms with Crippen LogP contribution in [0, 0.1) is 0 Å². The van der Waals surface area contributed by atoms with Crippen LogP contribution in [0.3, 0.4) is 0 Å². The smallest absolute Gasteiger partial charge is 0.239 e. The zero-order valence-corrected chi connectivity index (χ0v) is 12.0. The molecule has 2 rings (SSSR count). The van der Waals surface area contributed by atoms with Crippen molar-refractivity contribution in [2.75, 3.05) is 13.1 Å². The molecule has 0 bridgehead atoms. The van der Waals surface area contributed by atoms with Crippen LogP contribution in [0.4, 0.5) is 0 Å². The Hall–Kier alpha value is -0.780. The molecule has 0 saturated carbocycles. The Bertz CT molecular complexity index is 356. The highest BCUT2D eigenvalue weighted by molar-refractivity contribution is 5.85. The molecule has 1 aliphatic rings. The number of nitrogens with one attached hydrogen (secondary N) is 1. The average Bonchev–Trinajstić information content (AvgIpc) is 2.81. The molecule has 5 nitrogen and oxygen atoms in total. The van der Waals surface area contributed by atoms with Gasteiger partial charge in [-0.2, -0.15) is 0 Å². The number of nitrogens with zero attached hydrogens (tertiary/aromatic N) is 2. The molecule has 1 saturated heterocycles. The molecule has 18 heavy (non-hydrogen) atoms. The summed E-state index contributed by atoms with van der Waals surface area (Å²) < 4.78 is 0. The van der Waals surface area contributed by atoms with Crippen LogP contribution in [0.1, 0.15) is 31.5 Å². The maximum Gasteiger partial charge on any atom is 0.239 e. The Morgan fingerprint density at radius 2 is 2.33 bits per heavy atom. The van der Waals surface area contributed by atoms with Crippen LogP contribution in [-0.4, -0.2) is 39.9 Å². The number of rotatable bonds is 2. The number of aromatic amines is 1. The number of aromatic nitrogens is 2. The molecule has 0 aromatic carbocycles. The first-order valence-electron chi connectivity index (χ1n) is 5.72. The first kappa shape index (κ1) is 17.2. The number of likely N-dealkylation sites (tertiary alicyclic amines) is 1. The number of imidazole rings is 1. The third kappa shape index (κ3) is 3.86. The minimum absolute atomic E-state index is 0. The van der Waals surface area contributed by atoms with Crippen molar-refractivity contribution in [3.05, 3.63) is 18.2 Å². The molecule has 1 aromatic heterocycles. The monoisotopic (exact) mass is 294 g/mol. The van der Waals surface area contributed by atoms with E-state index in [9.17, 15) is 4.79 Å². The summed E-state index contributed by atoms with van der Waals surface area (Å²) >= 11 is 0. The summed E-state index contributed by atoms with van der Waals surface area (Å²) in [6, 6.07) is -0.407. The van der Waals surface area contributed by atoms with E-state index < -0.39 is 6.04 Å². The second-order valence-corrected chi connectivity index (χ2v) is 4.39. The third-order valence-electron chi connectivity index (χ3n) is 3.03. The average molecular weight is 295 g/mol. The topological polar surface area (TPSA) is 75.0 Å². The standard InChI is InChI=1S/C11H18N4O.2ClH/c1-8(12)11(16)15-6-2-3-9(7-15)10-13-4-5-14-10;;/h4-5,8-9H,2-3,6-7,12H2,1H3,(H,13,14);2*1H/t8-,9?;;/m1../s1. The number of carbonyl (C=O) groups is 1. The highest BCUT2D eigenvalue weighted by Crippen LogP contribution is 2.24. The van der Waals surface area contributed by atoms with Gasteiger partial charge in [0.25, 0.3) is 0 Å². The molecule has 1 amide bonds. The van der Waals surface area contributed by atoms with Gasteiger partial charge in [-0.05, 0) is 19.8 Å². The van der Waals surface area contributed by atoms with Crippen molar-refractivity contribution < 1.29 is 4.79 Å². The van der Waals surface area contributed by atoms with E-state index in [2.05, 4.69) is 9.97 Å². The molecule has 0 aliphatic carbocycles. The third-order valence-corrected chi connectivity index (χ3v) is 3.03. The molecule has 2 atom stereocenters. The predicted octanol–water partition coefficient (Wildman–Crippen LogP) is 1.31. The largest absolute Gasteiger partial charge is 0.348 e. The number of nitrogens with two attached hydrogens (primary N) is 1. The van der Waals surface area contributed by atoms with Crippen LogP contribution in [-0.2, 0) is 4.79 Å². The van der Waals surface area contributed by atoms with E-state index in [-0.39, 0.29) is 30.7 Å². The van der Waals surface area contributed by atoms with Crippen molar-refractivity contribution >= 4 is 30.7 Å². The van der Waals surface area contributed by atoms with Crippen LogP contribution >= 0.6 is 24.8 Å². The summed E-state index contributed by atoms with van der Waals surface area (Å²) in [4.78, 5) is 21.0. The lowest BCUT2D eigenvalue weighted by Gasteiger charge is -2.32. The number of piperidine rings is 1. The Morgan fingerprint density at radius 3 is 2.89 bits per heavy atom. The molecular weight excluding hydrogens is 275 g/mol. The fourth-order valence-electron chi connectivity index (χ4n) is 2.19. The van der Waals surface area contributed by atoms with E-state index in [1.165, 1.54) is 0 Å². The summed E-state index contributed by atoms with van der Waals surface area (Å²) in [5, 5.41) is 0. The Labute approximate surface area is 119 Å². The van der Waals surface area contributed by atoms with Gasteiger partial charge >= 0.3 is 0 Å². The molecule has 1 aliphatic heterocycles. The van der Waals surface area contributed by atoms with E-state index in [1.54, 1.807) is 13.1 Å². The van der Waals surface area contributed by atoms with E-state index in [0.29, 0.717) is 5.92 Å². The molecule has 2 heterocycles. The summed E-state index contributed by atoms with van der Waals surface area (Å²) in [6.45, 7) is 3.28. The maximum atomic E-state index is 11.8. The highest BCUT2D eigenvalue weighted by atomic mass is 35.5.